The average Bonchev–Trinajstić information content (AvgIpc) is 2.89. The average molecular weight is 363 g/mol. The van der Waals surface area contributed by atoms with Crippen molar-refractivity contribution < 1.29 is 9.53 Å². The van der Waals surface area contributed by atoms with Crippen molar-refractivity contribution in [3.05, 3.63) is 54.1 Å². The van der Waals surface area contributed by atoms with E-state index in [0.717, 1.165) is 67.6 Å². The molecule has 1 amide bonds. The number of ether oxygens (including phenoxy) is 1. The fourth-order valence-electron chi connectivity index (χ4n) is 3.56. The van der Waals surface area contributed by atoms with Gasteiger partial charge in [-0.3, -0.25) is 4.79 Å². The standard InChI is InChI=1S/C22H25N3O2/c1-2-3-12-21(26)24-13-15-25(16-14-24)22-17-8-4-6-10-19(17)27-20-11-7-5-9-18(20)23-22/h4-11H,2-3,12-16H2,1H3. The van der Waals surface area contributed by atoms with Gasteiger partial charge in [0.05, 0.1) is 5.56 Å². The molecule has 0 saturated carbocycles. The van der Waals surface area contributed by atoms with Crippen LogP contribution in [0.5, 0.6) is 11.5 Å². The molecule has 5 heteroatoms. The van der Waals surface area contributed by atoms with Crippen molar-refractivity contribution in [3.63, 3.8) is 0 Å². The minimum atomic E-state index is 0.272. The highest BCUT2D eigenvalue weighted by Gasteiger charge is 2.27. The van der Waals surface area contributed by atoms with Crippen LogP contribution < -0.4 is 4.74 Å². The maximum Gasteiger partial charge on any atom is 0.222 e. The Kier molecular flexibility index (Phi) is 5.10. The Hall–Kier alpha value is -2.82. The largest absolute Gasteiger partial charge is 0.454 e. The van der Waals surface area contributed by atoms with Gasteiger partial charge in [-0.05, 0) is 30.7 Å². The lowest BCUT2D eigenvalue weighted by Crippen LogP contribution is -2.50. The van der Waals surface area contributed by atoms with Gasteiger partial charge in [-0.15, -0.1) is 0 Å². The van der Waals surface area contributed by atoms with Gasteiger partial charge >= 0.3 is 0 Å². The van der Waals surface area contributed by atoms with E-state index >= 15 is 0 Å². The predicted molar refractivity (Wildman–Crippen MR) is 107 cm³/mol. The molecule has 2 aliphatic heterocycles. The normalized spacial score (nSPS) is 16.0. The summed E-state index contributed by atoms with van der Waals surface area (Å²) in [7, 11) is 0. The Morgan fingerprint density at radius 1 is 1.00 bits per heavy atom. The van der Waals surface area contributed by atoms with Gasteiger partial charge < -0.3 is 14.5 Å². The van der Waals surface area contributed by atoms with E-state index in [-0.39, 0.29) is 5.91 Å². The number of hydrogen-bond donors (Lipinski definition) is 0. The second-order valence-electron chi connectivity index (χ2n) is 6.97. The number of piperazine rings is 1. The van der Waals surface area contributed by atoms with E-state index in [1.54, 1.807) is 0 Å². The van der Waals surface area contributed by atoms with Crippen molar-refractivity contribution >= 4 is 17.4 Å². The summed E-state index contributed by atoms with van der Waals surface area (Å²) in [4.78, 5) is 21.5. The summed E-state index contributed by atoms with van der Waals surface area (Å²) in [6.45, 7) is 5.17. The molecule has 1 saturated heterocycles. The summed E-state index contributed by atoms with van der Waals surface area (Å²) in [6.07, 6.45) is 2.67. The highest BCUT2D eigenvalue weighted by Crippen LogP contribution is 2.37. The molecule has 2 aromatic rings. The maximum atomic E-state index is 12.3. The number of unbranched alkanes of at least 4 members (excludes halogenated alkanes) is 1. The van der Waals surface area contributed by atoms with E-state index in [4.69, 9.17) is 9.73 Å². The van der Waals surface area contributed by atoms with Crippen LogP contribution in [0.3, 0.4) is 0 Å². The second kappa shape index (κ2) is 7.82. The zero-order valence-electron chi connectivity index (χ0n) is 15.7. The smallest absolute Gasteiger partial charge is 0.222 e. The lowest BCUT2D eigenvalue weighted by atomic mass is 10.1. The van der Waals surface area contributed by atoms with Crippen LogP contribution in [0, 0.1) is 0 Å². The number of aliphatic imine (C=N–C) groups is 1. The fraction of sp³-hybridized carbons (Fsp3) is 0.364. The first kappa shape index (κ1) is 17.6. The number of rotatable bonds is 3. The van der Waals surface area contributed by atoms with Gasteiger partial charge in [-0.1, -0.05) is 37.6 Å². The zero-order valence-corrected chi connectivity index (χ0v) is 15.7. The molecule has 0 spiro atoms. The van der Waals surface area contributed by atoms with Gasteiger partial charge in [0, 0.05) is 32.6 Å². The third-order valence-corrected chi connectivity index (χ3v) is 5.12. The molecule has 1 fully saturated rings. The third-order valence-electron chi connectivity index (χ3n) is 5.12. The topological polar surface area (TPSA) is 45.1 Å². The van der Waals surface area contributed by atoms with Crippen molar-refractivity contribution in [2.75, 3.05) is 26.2 Å². The summed E-state index contributed by atoms with van der Waals surface area (Å²) in [5.74, 6) is 2.79. The van der Waals surface area contributed by atoms with E-state index < -0.39 is 0 Å². The van der Waals surface area contributed by atoms with Gasteiger partial charge in [-0.25, -0.2) is 4.99 Å². The van der Waals surface area contributed by atoms with E-state index in [2.05, 4.69) is 17.9 Å². The third kappa shape index (κ3) is 3.68. The molecule has 2 aromatic carbocycles. The highest BCUT2D eigenvalue weighted by atomic mass is 16.5. The van der Waals surface area contributed by atoms with Gasteiger partial charge in [0.2, 0.25) is 5.91 Å². The van der Waals surface area contributed by atoms with Crippen molar-refractivity contribution in [3.8, 4) is 11.5 Å². The molecule has 0 bridgehead atoms. The van der Waals surface area contributed by atoms with Gasteiger partial charge in [-0.2, -0.15) is 0 Å². The summed E-state index contributed by atoms with van der Waals surface area (Å²) < 4.78 is 6.12. The molecular formula is C22H25N3O2. The molecule has 5 nitrogen and oxygen atoms in total. The SMILES string of the molecule is CCCCC(=O)N1CCN(C2=Nc3ccccc3Oc3ccccc32)CC1. The van der Waals surface area contributed by atoms with E-state index in [1.165, 1.54) is 0 Å². The number of carbonyl (C=O) groups excluding carboxylic acids is 1. The van der Waals surface area contributed by atoms with Crippen molar-refractivity contribution in [1.82, 2.24) is 9.80 Å². The van der Waals surface area contributed by atoms with Gasteiger partial charge in [0.15, 0.2) is 5.75 Å². The Labute approximate surface area is 160 Å². The Morgan fingerprint density at radius 3 is 2.48 bits per heavy atom. The first-order valence-electron chi connectivity index (χ1n) is 9.74. The molecular weight excluding hydrogens is 338 g/mol. The summed E-state index contributed by atoms with van der Waals surface area (Å²) in [6, 6.07) is 15.9. The number of benzene rings is 2. The molecule has 0 radical (unpaired) electrons. The highest BCUT2D eigenvalue weighted by molar-refractivity contribution is 6.03. The number of para-hydroxylation sites is 3. The first-order valence-corrected chi connectivity index (χ1v) is 9.74. The number of amides is 1. The Bertz CT molecular complexity index is 854. The number of amidine groups is 1. The van der Waals surface area contributed by atoms with Crippen molar-refractivity contribution in [2.24, 2.45) is 4.99 Å². The van der Waals surface area contributed by atoms with Gasteiger partial charge in [0.25, 0.3) is 0 Å². The second-order valence-corrected chi connectivity index (χ2v) is 6.97. The molecule has 0 aromatic heterocycles. The maximum absolute atomic E-state index is 12.3. The van der Waals surface area contributed by atoms with Crippen molar-refractivity contribution in [2.45, 2.75) is 26.2 Å². The molecule has 0 atom stereocenters. The van der Waals surface area contributed by atoms with Crippen LogP contribution in [0.1, 0.15) is 31.7 Å². The summed E-state index contributed by atoms with van der Waals surface area (Å²) in [5, 5.41) is 0. The lowest BCUT2D eigenvalue weighted by molar-refractivity contribution is -0.132. The van der Waals surface area contributed by atoms with Crippen LogP contribution in [0.4, 0.5) is 5.69 Å². The predicted octanol–water partition coefficient (Wildman–Crippen LogP) is 4.21. The fourth-order valence-corrected chi connectivity index (χ4v) is 3.56. The van der Waals surface area contributed by atoms with E-state index in [0.29, 0.717) is 6.42 Å². The van der Waals surface area contributed by atoms with Crippen LogP contribution in [-0.2, 0) is 4.79 Å². The van der Waals surface area contributed by atoms with Gasteiger partial charge in [0.1, 0.15) is 17.3 Å². The van der Waals surface area contributed by atoms with Crippen LogP contribution in [0.2, 0.25) is 0 Å². The minimum absolute atomic E-state index is 0.272. The van der Waals surface area contributed by atoms with Crippen LogP contribution in [0.25, 0.3) is 0 Å². The van der Waals surface area contributed by atoms with Crippen LogP contribution in [0.15, 0.2) is 53.5 Å². The quantitative estimate of drug-likeness (QED) is 0.821. The van der Waals surface area contributed by atoms with Crippen LogP contribution >= 0.6 is 0 Å². The van der Waals surface area contributed by atoms with E-state index in [9.17, 15) is 4.79 Å². The molecule has 140 valence electrons. The van der Waals surface area contributed by atoms with E-state index in [1.807, 2.05) is 47.4 Å². The zero-order chi connectivity index (χ0) is 18.6. The Morgan fingerprint density at radius 2 is 1.70 bits per heavy atom. The molecule has 0 N–H and O–H groups in total. The molecule has 0 aliphatic carbocycles. The number of carbonyl (C=O) groups is 1. The molecule has 2 heterocycles. The summed E-state index contributed by atoms with van der Waals surface area (Å²) >= 11 is 0. The molecule has 0 unspecified atom stereocenters. The first-order chi connectivity index (χ1) is 13.3. The molecule has 2 aliphatic rings. The van der Waals surface area contributed by atoms with Crippen LogP contribution in [-0.4, -0.2) is 47.7 Å². The monoisotopic (exact) mass is 363 g/mol. The Balaban J connectivity index is 1.58. The molecule has 4 rings (SSSR count). The number of hydrogen-bond acceptors (Lipinski definition) is 4. The minimum Gasteiger partial charge on any atom is -0.454 e. The van der Waals surface area contributed by atoms with Crippen molar-refractivity contribution in [1.29, 1.82) is 0 Å². The summed E-state index contributed by atoms with van der Waals surface area (Å²) in [5.41, 5.74) is 1.84. The lowest BCUT2D eigenvalue weighted by Gasteiger charge is -2.36. The number of fused-ring (bicyclic) bond motifs is 2. The number of nitrogens with zero attached hydrogens (tertiary/aromatic N) is 3. The molecule has 27 heavy (non-hydrogen) atoms.